The average Bonchev–Trinajstić information content (AvgIpc) is 2.28. The van der Waals surface area contributed by atoms with Crippen LogP contribution in [-0.2, 0) is 0 Å². The Morgan fingerprint density at radius 2 is 2.12 bits per heavy atom. The Hall–Kier alpha value is -0.540. The maximum absolute atomic E-state index is 12.2. The molecule has 1 rings (SSSR count). The van der Waals surface area contributed by atoms with Crippen LogP contribution in [0.15, 0.2) is 18.2 Å². The van der Waals surface area contributed by atoms with Crippen molar-refractivity contribution in [2.75, 3.05) is 18.4 Å². The summed E-state index contributed by atoms with van der Waals surface area (Å²) in [5.74, 6) is 0.0547. The first kappa shape index (κ1) is 14.5. The van der Waals surface area contributed by atoms with Gasteiger partial charge in [0.25, 0.3) is 5.91 Å². The molecule has 0 unspecified atom stereocenters. The number of carbonyl (C=O) groups is 1. The fraction of sp³-hybridized carbons (Fsp3) is 0.462. The number of hydrogen-bond donors (Lipinski definition) is 0. The molecule has 0 aliphatic heterocycles. The van der Waals surface area contributed by atoms with Gasteiger partial charge in [0.05, 0.1) is 0 Å². The van der Waals surface area contributed by atoms with Gasteiger partial charge in [-0.05, 0) is 44.0 Å². The molecule has 1 amide bonds. The number of alkyl halides is 1. The van der Waals surface area contributed by atoms with Gasteiger partial charge in [-0.15, -0.1) is 0 Å². The molecule has 0 saturated heterocycles. The van der Waals surface area contributed by atoms with Gasteiger partial charge in [-0.1, -0.05) is 27.5 Å². The number of hydrogen-bond acceptors (Lipinski definition) is 1. The van der Waals surface area contributed by atoms with E-state index in [1.807, 2.05) is 30.9 Å². The van der Waals surface area contributed by atoms with Crippen molar-refractivity contribution in [1.82, 2.24) is 4.90 Å². The van der Waals surface area contributed by atoms with Crippen molar-refractivity contribution in [3.05, 3.63) is 34.3 Å². The molecule has 0 N–H and O–H groups in total. The molecule has 0 radical (unpaired) electrons. The molecule has 1 aromatic carbocycles. The third-order valence-corrected chi connectivity index (χ3v) is 3.30. The maximum Gasteiger partial charge on any atom is 0.253 e. The highest BCUT2D eigenvalue weighted by Crippen LogP contribution is 2.16. The Balaban J connectivity index is 2.85. The summed E-state index contributed by atoms with van der Waals surface area (Å²) < 4.78 is 0. The highest BCUT2D eigenvalue weighted by molar-refractivity contribution is 9.09. The maximum atomic E-state index is 12.2. The van der Waals surface area contributed by atoms with Crippen molar-refractivity contribution in [3.63, 3.8) is 0 Å². The topological polar surface area (TPSA) is 20.3 Å². The highest BCUT2D eigenvalue weighted by Gasteiger charge is 2.14. The minimum atomic E-state index is 0.0547. The van der Waals surface area contributed by atoms with Crippen molar-refractivity contribution >= 4 is 33.4 Å². The fourth-order valence-corrected chi connectivity index (χ4v) is 2.24. The molecule has 0 saturated carbocycles. The van der Waals surface area contributed by atoms with Crippen molar-refractivity contribution in [3.8, 4) is 0 Å². The molecule has 2 nitrogen and oxygen atoms in total. The van der Waals surface area contributed by atoms with E-state index in [4.69, 9.17) is 11.6 Å². The first-order valence-electron chi connectivity index (χ1n) is 5.71. The molecular formula is C13H17BrClNO. The predicted octanol–water partition coefficient (Wildman–Crippen LogP) is 3.90. The number of halogens is 2. The van der Waals surface area contributed by atoms with Gasteiger partial charge in [-0.3, -0.25) is 4.79 Å². The summed E-state index contributed by atoms with van der Waals surface area (Å²) in [7, 11) is 0. The lowest BCUT2D eigenvalue weighted by Gasteiger charge is -2.20. The molecule has 0 bridgehead atoms. The summed E-state index contributed by atoms with van der Waals surface area (Å²) in [5.41, 5.74) is 1.68. The van der Waals surface area contributed by atoms with E-state index in [1.165, 1.54) is 0 Å². The Kier molecular flexibility index (Phi) is 6.00. The first-order valence-corrected chi connectivity index (χ1v) is 7.21. The first-order chi connectivity index (χ1) is 8.08. The standard InChI is InChI=1S/C13H17BrClNO/c1-3-16(6-4-5-14)13(17)11-7-10(2)8-12(15)9-11/h7-9H,3-6H2,1-2H3. The van der Waals surface area contributed by atoms with Crippen LogP contribution < -0.4 is 0 Å². The lowest BCUT2D eigenvalue weighted by molar-refractivity contribution is 0.0765. The summed E-state index contributed by atoms with van der Waals surface area (Å²) in [6.07, 6.45) is 0.957. The molecule has 17 heavy (non-hydrogen) atoms. The number of aryl methyl sites for hydroxylation is 1. The van der Waals surface area contributed by atoms with E-state index in [-0.39, 0.29) is 5.91 Å². The van der Waals surface area contributed by atoms with Crippen molar-refractivity contribution in [1.29, 1.82) is 0 Å². The third-order valence-electron chi connectivity index (χ3n) is 2.52. The second-order valence-electron chi connectivity index (χ2n) is 3.94. The molecule has 0 spiro atoms. The van der Waals surface area contributed by atoms with E-state index < -0.39 is 0 Å². The van der Waals surface area contributed by atoms with Gasteiger partial charge in [0.15, 0.2) is 0 Å². The number of amides is 1. The van der Waals surface area contributed by atoms with Gasteiger partial charge < -0.3 is 4.90 Å². The van der Waals surface area contributed by atoms with Crippen LogP contribution in [0.2, 0.25) is 5.02 Å². The monoisotopic (exact) mass is 317 g/mol. The van der Waals surface area contributed by atoms with Gasteiger partial charge in [-0.25, -0.2) is 0 Å². The Morgan fingerprint density at radius 3 is 2.65 bits per heavy atom. The van der Waals surface area contributed by atoms with Crippen LogP contribution in [0, 0.1) is 6.92 Å². The van der Waals surface area contributed by atoms with Gasteiger partial charge >= 0.3 is 0 Å². The summed E-state index contributed by atoms with van der Waals surface area (Å²) in [4.78, 5) is 14.1. The van der Waals surface area contributed by atoms with Crippen molar-refractivity contribution in [2.45, 2.75) is 20.3 Å². The van der Waals surface area contributed by atoms with Crippen LogP contribution in [0.4, 0.5) is 0 Å². The van der Waals surface area contributed by atoms with E-state index >= 15 is 0 Å². The minimum absolute atomic E-state index is 0.0547. The van der Waals surface area contributed by atoms with E-state index in [1.54, 1.807) is 6.07 Å². The molecule has 94 valence electrons. The van der Waals surface area contributed by atoms with E-state index in [0.29, 0.717) is 10.6 Å². The lowest BCUT2D eigenvalue weighted by Crippen LogP contribution is -2.32. The smallest absolute Gasteiger partial charge is 0.253 e. The molecular weight excluding hydrogens is 302 g/mol. The van der Waals surface area contributed by atoms with Gasteiger partial charge in [0, 0.05) is 29.0 Å². The molecule has 0 aliphatic rings. The van der Waals surface area contributed by atoms with E-state index in [0.717, 1.165) is 30.4 Å². The Labute approximate surface area is 116 Å². The Morgan fingerprint density at radius 1 is 1.41 bits per heavy atom. The molecule has 4 heteroatoms. The molecule has 0 aromatic heterocycles. The van der Waals surface area contributed by atoms with Crippen molar-refractivity contribution < 1.29 is 4.79 Å². The number of nitrogens with zero attached hydrogens (tertiary/aromatic N) is 1. The highest BCUT2D eigenvalue weighted by atomic mass is 79.9. The van der Waals surface area contributed by atoms with Gasteiger partial charge in [0.1, 0.15) is 0 Å². The third kappa shape index (κ3) is 4.32. The minimum Gasteiger partial charge on any atom is -0.339 e. The van der Waals surface area contributed by atoms with Crippen LogP contribution >= 0.6 is 27.5 Å². The number of rotatable bonds is 5. The normalized spacial score (nSPS) is 10.4. The van der Waals surface area contributed by atoms with Crippen LogP contribution in [0.5, 0.6) is 0 Å². The second-order valence-corrected chi connectivity index (χ2v) is 5.17. The Bertz CT molecular complexity index is 375. The fourth-order valence-electron chi connectivity index (χ4n) is 1.70. The van der Waals surface area contributed by atoms with Crippen molar-refractivity contribution in [2.24, 2.45) is 0 Å². The summed E-state index contributed by atoms with van der Waals surface area (Å²) in [5, 5.41) is 1.52. The quantitative estimate of drug-likeness (QED) is 0.754. The van der Waals surface area contributed by atoms with E-state index in [2.05, 4.69) is 15.9 Å². The zero-order valence-corrected chi connectivity index (χ0v) is 12.5. The summed E-state index contributed by atoms with van der Waals surface area (Å²) in [6, 6.07) is 5.46. The van der Waals surface area contributed by atoms with Crippen LogP contribution in [0.25, 0.3) is 0 Å². The number of benzene rings is 1. The van der Waals surface area contributed by atoms with Crippen LogP contribution in [-0.4, -0.2) is 29.2 Å². The second kappa shape index (κ2) is 7.02. The van der Waals surface area contributed by atoms with Crippen LogP contribution in [0.3, 0.4) is 0 Å². The predicted molar refractivity (Wildman–Crippen MR) is 76.2 cm³/mol. The average molecular weight is 319 g/mol. The molecule has 0 atom stereocenters. The van der Waals surface area contributed by atoms with Gasteiger partial charge in [-0.2, -0.15) is 0 Å². The molecule has 0 heterocycles. The van der Waals surface area contributed by atoms with Crippen LogP contribution in [0.1, 0.15) is 29.3 Å². The molecule has 0 aliphatic carbocycles. The zero-order valence-electron chi connectivity index (χ0n) is 10.2. The summed E-state index contributed by atoms with van der Waals surface area (Å²) in [6.45, 7) is 5.42. The lowest BCUT2D eigenvalue weighted by atomic mass is 10.1. The largest absolute Gasteiger partial charge is 0.339 e. The molecule has 1 aromatic rings. The van der Waals surface area contributed by atoms with Gasteiger partial charge in [0.2, 0.25) is 0 Å². The SMILES string of the molecule is CCN(CCCBr)C(=O)c1cc(C)cc(Cl)c1. The van der Waals surface area contributed by atoms with E-state index in [9.17, 15) is 4.79 Å². The summed E-state index contributed by atoms with van der Waals surface area (Å²) >= 11 is 9.34. The zero-order chi connectivity index (χ0) is 12.8. The molecule has 0 fully saturated rings. The number of carbonyl (C=O) groups excluding carboxylic acids is 1.